The van der Waals surface area contributed by atoms with Gasteiger partial charge in [0.1, 0.15) is 0 Å². The Bertz CT molecular complexity index is 397. The topological polar surface area (TPSA) is 24.5 Å². The van der Waals surface area contributed by atoms with Crippen molar-refractivity contribution in [3.05, 3.63) is 22.4 Å². The summed E-state index contributed by atoms with van der Waals surface area (Å²) in [5.74, 6) is 0. The fourth-order valence-electron chi connectivity index (χ4n) is 3.16. The summed E-state index contributed by atoms with van der Waals surface area (Å²) in [6.07, 6.45) is 3.96. The van der Waals surface area contributed by atoms with E-state index in [0.717, 1.165) is 38.9 Å². The van der Waals surface area contributed by atoms with Gasteiger partial charge in [0.05, 0.1) is 6.61 Å². The van der Waals surface area contributed by atoms with Crippen LogP contribution in [0.2, 0.25) is 0 Å². The summed E-state index contributed by atoms with van der Waals surface area (Å²) in [6.45, 7) is 8.48. The van der Waals surface area contributed by atoms with Crippen LogP contribution in [0.1, 0.15) is 31.7 Å². The minimum Gasteiger partial charge on any atom is -0.381 e. The fourth-order valence-corrected chi connectivity index (χ4v) is 3.82. The predicted molar refractivity (Wildman–Crippen MR) is 84.2 cm³/mol. The molecule has 1 unspecified atom stereocenters. The molecule has 0 aromatic carbocycles. The van der Waals surface area contributed by atoms with Crippen molar-refractivity contribution in [1.29, 1.82) is 0 Å². The molecule has 3 nitrogen and oxygen atoms in total. The molecule has 4 heteroatoms. The maximum atomic E-state index is 5.73. The molecule has 2 fully saturated rings. The molecule has 1 aliphatic heterocycles. The Morgan fingerprint density at radius 1 is 1.50 bits per heavy atom. The summed E-state index contributed by atoms with van der Waals surface area (Å²) in [7, 11) is 0. The first kappa shape index (κ1) is 14.5. The van der Waals surface area contributed by atoms with Gasteiger partial charge in [0.15, 0.2) is 0 Å². The van der Waals surface area contributed by atoms with Crippen LogP contribution >= 0.6 is 11.3 Å². The van der Waals surface area contributed by atoms with Crippen molar-refractivity contribution in [2.45, 2.75) is 38.8 Å². The SMILES string of the molecule is CCNCC1(CN(Cc2ccsc2)C2CC2)CCOC1. The van der Waals surface area contributed by atoms with Crippen molar-refractivity contribution < 1.29 is 4.74 Å². The minimum atomic E-state index is 0.328. The second-order valence-corrected chi connectivity index (χ2v) is 7.13. The normalized spacial score (nSPS) is 26.5. The van der Waals surface area contributed by atoms with E-state index in [9.17, 15) is 0 Å². The Morgan fingerprint density at radius 2 is 2.40 bits per heavy atom. The Kier molecular flexibility index (Phi) is 4.76. The molecule has 2 aliphatic rings. The molecule has 1 saturated carbocycles. The quantitative estimate of drug-likeness (QED) is 0.798. The van der Waals surface area contributed by atoms with Crippen molar-refractivity contribution in [3.63, 3.8) is 0 Å². The lowest BCUT2D eigenvalue weighted by atomic mass is 9.86. The van der Waals surface area contributed by atoms with E-state index >= 15 is 0 Å². The van der Waals surface area contributed by atoms with Crippen LogP contribution < -0.4 is 5.32 Å². The Morgan fingerprint density at radius 3 is 3.00 bits per heavy atom. The summed E-state index contributed by atoms with van der Waals surface area (Å²) < 4.78 is 5.73. The van der Waals surface area contributed by atoms with Gasteiger partial charge in [0, 0.05) is 37.7 Å². The van der Waals surface area contributed by atoms with Gasteiger partial charge in [-0.25, -0.2) is 0 Å². The van der Waals surface area contributed by atoms with Gasteiger partial charge in [-0.1, -0.05) is 6.92 Å². The number of hydrogen-bond acceptors (Lipinski definition) is 4. The summed E-state index contributed by atoms with van der Waals surface area (Å²) in [6, 6.07) is 3.08. The third kappa shape index (κ3) is 3.61. The Hall–Kier alpha value is -0.420. The zero-order valence-corrected chi connectivity index (χ0v) is 13.3. The van der Waals surface area contributed by atoms with Crippen LogP contribution in [0.25, 0.3) is 0 Å². The standard InChI is InChI=1S/C16H26N2OS/c1-2-17-11-16(6-7-19-13-16)12-18(15-3-4-15)9-14-5-8-20-10-14/h5,8,10,15,17H,2-4,6-7,9,11-13H2,1H3. The van der Waals surface area contributed by atoms with Crippen LogP contribution in [0.4, 0.5) is 0 Å². The van der Waals surface area contributed by atoms with Gasteiger partial charge in [0.2, 0.25) is 0 Å². The summed E-state index contributed by atoms with van der Waals surface area (Å²) in [5, 5.41) is 8.03. The second-order valence-electron chi connectivity index (χ2n) is 6.35. The molecule has 1 atom stereocenters. The van der Waals surface area contributed by atoms with E-state index in [0.29, 0.717) is 5.41 Å². The van der Waals surface area contributed by atoms with Gasteiger partial charge in [0.25, 0.3) is 0 Å². The summed E-state index contributed by atoms with van der Waals surface area (Å²) >= 11 is 1.81. The van der Waals surface area contributed by atoms with Crippen LogP contribution in [0.3, 0.4) is 0 Å². The largest absolute Gasteiger partial charge is 0.381 e. The van der Waals surface area contributed by atoms with Gasteiger partial charge in [-0.15, -0.1) is 0 Å². The van der Waals surface area contributed by atoms with Crippen LogP contribution in [0, 0.1) is 5.41 Å². The summed E-state index contributed by atoms with van der Waals surface area (Å²) in [4.78, 5) is 2.70. The number of ether oxygens (including phenoxy) is 1. The maximum absolute atomic E-state index is 5.73. The number of rotatable bonds is 8. The lowest BCUT2D eigenvalue weighted by Gasteiger charge is -2.34. The van der Waals surface area contributed by atoms with Crippen molar-refractivity contribution in [2.24, 2.45) is 5.41 Å². The Labute approximate surface area is 126 Å². The van der Waals surface area contributed by atoms with Crippen LogP contribution in [0.5, 0.6) is 0 Å². The predicted octanol–water partition coefficient (Wildman–Crippen LogP) is 2.73. The van der Waals surface area contributed by atoms with Gasteiger partial charge < -0.3 is 10.1 Å². The van der Waals surface area contributed by atoms with Gasteiger partial charge >= 0.3 is 0 Å². The molecule has 2 heterocycles. The monoisotopic (exact) mass is 294 g/mol. The summed E-state index contributed by atoms with van der Waals surface area (Å²) in [5.41, 5.74) is 1.80. The fraction of sp³-hybridized carbons (Fsp3) is 0.750. The highest BCUT2D eigenvalue weighted by Crippen LogP contribution is 2.35. The highest BCUT2D eigenvalue weighted by atomic mass is 32.1. The molecule has 0 bridgehead atoms. The molecule has 112 valence electrons. The van der Waals surface area contributed by atoms with Crippen molar-refractivity contribution >= 4 is 11.3 Å². The lowest BCUT2D eigenvalue weighted by Crippen LogP contribution is -2.45. The van der Waals surface area contributed by atoms with Gasteiger partial charge in [-0.2, -0.15) is 11.3 Å². The smallest absolute Gasteiger partial charge is 0.0547 e. The molecule has 3 rings (SSSR count). The molecule has 1 saturated heterocycles. The molecule has 1 aromatic heterocycles. The van der Waals surface area contributed by atoms with Gasteiger partial charge in [-0.3, -0.25) is 4.90 Å². The molecule has 1 aromatic rings. The van der Waals surface area contributed by atoms with E-state index < -0.39 is 0 Å². The maximum Gasteiger partial charge on any atom is 0.0547 e. The van der Waals surface area contributed by atoms with E-state index in [2.05, 4.69) is 34.0 Å². The van der Waals surface area contributed by atoms with E-state index in [1.165, 1.54) is 31.4 Å². The van der Waals surface area contributed by atoms with E-state index in [-0.39, 0.29) is 0 Å². The molecule has 0 spiro atoms. The van der Waals surface area contributed by atoms with Gasteiger partial charge in [-0.05, 0) is 48.2 Å². The molecule has 1 N–H and O–H groups in total. The van der Waals surface area contributed by atoms with Crippen molar-refractivity contribution in [3.8, 4) is 0 Å². The number of nitrogens with zero attached hydrogens (tertiary/aromatic N) is 1. The molecule has 0 radical (unpaired) electrons. The Balaban J connectivity index is 1.64. The highest BCUT2D eigenvalue weighted by molar-refractivity contribution is 7.07. The van der Waals surface area contributed by atoms with Crippen LogP contribution in [-0.2, 0) is 11.3 Å². The molecule has 0 amide bonds. The lowest BCUT2D eigenvalue weighted by molar-refractivity contribution is 0.101. The van der Waals surface area contributed by atoms with Crippen LogP contribution in [0.15, 0.2) is 16.8 Å². The third-order valence-electron chi connectivity index (χ3n) is 4.50. The zero-order chi connectivity index (χ0) is 13.8. The van der Waals surface area contributed by atoms with Crippen molar-refractivity contribution in [2.75, 3.05) is 32.8 Å². The molecular weight excluding hydrogens is 268 g/mol. The molecule has 1 aliphatic carbocycles. The van der Waals surface area contributed by atoms with E-state index in [1.54, 1.807) is 11.3 Å². The molecular formula is C16H26N2OS. The first-order valence-corrected chi connectivity index (χ1v) is 8.79. The van der Waals surface area contributed by atoms with E-state index in [1.807, 2.05) is 0 Å². The highest BCUT2D eigenvalue weighted by Gasteiger charge is 2.40. The second kappa shape index (κ2) is 6.56. The molecule has 20 heavy (non-hydrogen) atoms. The number of hydrogen-bond donors (Lipinski definition) is 1. The van der Waals surface area contributed by atoms with E-state index in [4.69, 9.17) is 4.74 Å². The number of nitrogens with one attached hydrogen (secondary N) is 1. The number of thiophene rings is 1. The van der Waals surface area contributed by atoms with Crippen molar-refractivity contribution in [1.82, 2.24) is 10.2 Å². The third-order valence-corrected chi connectivity index (χ3v) is 5.23. The average Bonchev–Trinajstić information content (AvgIpc) is 2.99. The average molecular weight is 294 g/mol. The minimum absolute atomic E-state index is 0.328. The van der Waals surface area contributed by atoms with Crippen LogP contribution in [-0.4, -0.2) is 43.8 Å². The first-order valence-electron chi connectivity index (χ1n) is 7.85. The zero-order valence-electron chi connectivity index (χ0n) is 12.4. The first-order chi connectivity index (χ1) is 9.81.